The van der Waals surface area contributed by atoms with Gasteiger partial charge in [-0.15, -0.1) is 0 Å². The monoisotopic (exact) mass is 524 g/mol. The fourth-order valence-corrected chi connectivity index (χ4v) is 5.42. The highest BCUT2D eigenvalue weighted by Crippen LogP contribution is 2.26. The standard InChI is InChI=1S/C21H21BrN2O5S2/c1-3-29-19-10-12-20(13-11-19)30(25,26)24-18-7-4-15(2)21(14-18)31(27,28)23-17-8-5-16(22)6-9-17/h4-14,23-24H,3H2,1-2H3. The minimum atomic E-state index is -3.93. The van der Waals surface area contributed by atoms with Crippen molar-refractivity contribution in [1.29, 1.82) is 0 Å². The van der Waals surface area contributed by atoms with Crippen LogP contribution in [-0.2, 0) is 20.0 Å². The van der Waals surface area contributed by atoms with Crippen molar-refractivity contribution in [2.45, 2.75) is 23.6 Å². The Kier molecular flexibility index (Phi) is 6.93. The van der Waals surface area contributed by atoms with Gasteiger partial charge in [0.15, 0.2) is 0 Å². The molecule has 164 valence electrons. The topological polar surface area (TPSA) is 102 Å². The minimum Gasteiger partial charge on any atom is -0.494 e. The Labute approximate surface area is 190 Å². The third-order valence-corrected chi connectivity index (χ3v) is 7.72. The highest BCUT2D eigenvalue weighted by atomic mass is 79.9. The van der Waals surface area contributed by atoms with Gasteiger partial charge in [-0.1, -0.05) is 22.0 Å². The molecule has 7 nitrogen and oxygen atoms in total. The minimum absolute atomic E-state index is 0.0256. The lowest BCUT2D eigenvalue weighted by molar-refractivity contribution is 0.340. The number of hydrogen-bond acceptors (Lipinski definition) is 5. The first-order valence-electron chi connectivity index (χ1n) is 9.25. The summed E-state index contributed by atoms with van der Waals surface area (Å²) < 4.78 is 62.3. The Morgan fingerprint density at radius 1 is 0.806 bits per heavy atom. The predicted molar refractivity (Wildman–Crippen MR) is 125 cm³/mol. The van der Waals surface area contributed by atoms with Crippen LogP contribution < -0.4 is 14.2 Å². The summed E-state index contributed by atoms with van der Waals surface area (Å²) in [7, 11) is -7.84. The van der Waals surface area contributed by atoms with Crippen LogP contribution in [0.2, 0.25) is 0 Å². The Morgan fingerprint density at radius 2 is 1.39 bits per heavy atom. The highest BCUT2D eigenvalue weighted by molar-refractivity contribution is 9.10. The van der Waals surface area contributed by atoms with Gasteiger partial charge < -0.3 is 4.74 Å². The first kappa shape index (κ1) is 23.1. The van der Waals surface area contributed by atoms with Crippen LogP contribution >= 0.6 is 15.9 Å². The molecule has 0 fully saturated rings. The lowest BCUT2D eigenvalue weighted by atomic mass is 10.2. The molecule has 0 heterocycles. The van der Waals surface area contributed by atoms with E-state index in [1.54, 1.807) is 49.4 Å². The molecule has 0 aliphatic carbocycles. The molecule has 2 N–H and O–H groups in total. The molecule has 3 aromatic rings. The lowest BCUT2D eigenvalue weighted by Gasteiger charge is -2.14. The fraction of sp³-hybridized carbons (Fsp3) is 0.143. The third-order valence-electron chi connectivity index (χ3n) is 4.27. The summed E-state index contributed by atoms with van der Waals surface area (Å²) in [6, 6.07) is 17.0. The van der Waals surface area contributed by atoms with Crippen molar-refractivity contribution in [2.75, 3.05) is 16.1 Å². The van der Waals surface area contributed by atoms with E-state index in [2.05, 4.69) is 25.4 Å². The summed E-state index contributed by atoms with van der Waals surface area (Å²) >= 11 is 3.30. The Balaban J connectivity index is 1.86. The molecule has 0 aliphatic heterocycles. The average Bonchev–Trinajstić information content (AvgIpc) is 2.71. The highest BCUT2D eigenvalue weighted by Gasteiger charge is 2.20. The maximum atomic E-state index is 12.9. The average molecular weight is 525 g/mol. The molecule has 0 radical (unpaired) electrons. The van der Waals surface area contributed by atoms with Gasteiger partial charge in [0.05, 0.1) is 22.1 Å². The van der Waals surface area contributed by atoms with Gasteiger partial charge in [-0.2, -0.15) is 0 Å². The predicted octanol–water partition coefficient (Wildman–Crippen LogP) is 4.76. The molecule has 0 amide bonds. The molecule has 31 heavy (non-hydrogen) atoms. The molecular weight excluding hydrogens is 504 g/mol. The number of benzene rings is 3. The summed E-state index contributed by atoms with van der Waals surface area (Å²) in [4.78, 5) is 0.0104. The zero-order valence-electron chi connectivity index (χ0n) is 16.8. The molecule has 10 heteroatoms. The van der Waals surface area contributed by atoms with E-state index in [9.17, 15) is 16.8 Å². The second-order valence-corrected chi connectivity index (χ2v) is 10.9. The fourth-order valence-electron chi connectivity index (χ4n) is 2.78. The smallest absolute Gasteiger partial charge is 0.262 e. The van der Waals surface area contributed by atoms with Gasteiger partial charge in [0, 0.05) is 10.2 Å². The first-order valence-corrected chi connectivity index (χ1v) is 13.0. The zero-order valence-corrected chi connectivity index (χ0v) is 20.0. The van der Waals surface area contributed by atoms with Crippen molar-refractivity contribution >= 4 is 47.4 Å². The number of aryl methyl sites for hydroxylation is 1. The summed E-state index contributed by atoms with van der Waals surface area (Å²) in [5, 5.41) is 0. The van der Waals surface area contributed by atoms with Crippen LogP contribution in [0.1, 0.15) is 12.5 Å². The molecule has 0 aliphatic rings. The number of hydrogen-bond donors (Lipinski definition) is 2. The molecule has 3 aromatic carbocycles. The molecule has 0 saturated heterocycles. The lowest BCUT2D eigenvalue weighted by Crippen LogP contribution is -2.16. The van der Waals surface area contributed by atoms with E-state index >= 15 is 0 Å². The normalized spacial score (nSPS) is 11.7. The van der Waals surface area contributed by atoms with Crippen LogP contribution in [0.15, 0.2) is 81.0 Å². The largest absolute Gasteiger partial charge is 0.494 e. The van der Waals surface area contributed by atoms with Gasteiger partial charge in [-0.05, 0) is 80.1 Å². The van der Waals surface area contributed by atoms with Crippen LogP contribution in [0.4, 0.5) is 11.4 Å². The van der Waals surface area contributed by atoms with E-state index in [0.717, 1.165) is 4.47 Å². The summed E-state index contributed by atoms with van der Waals surface area (Å²) in [5.41, 5.74) is 1.01. The second kappa shape index (κ2) is 9.29. The zero-order chi connectivity index (χ0) is 22.6. The quantitative estimate of drug-likeness (QED) is 0.442. The van der Waals surface area contributed by atoms with E-state index in [-0.39, 0.29) is 15.5 Å². The number of rotatable bonds is 8. The van der Waals surface area contributed by atoms with Gasteiger partial charge in [-0.3, -0.25) is 9.44 Å². The van der Waals surface area contributed by atoms with Crippen molar-refractivity contribution in [1.82, 2.24) is 0 Å². The number of halogens is 1. The van der Waals surface area contributed by atoms with Crippen molar-refractivity contribution in [2.24, 2.45) is 0 Å². The SMILES string of the molecule is CCOc1ccc(S(=O)(=O)Nc2ccc(C)c(S(=O)(=O)Nc3ccc(Br)cc3)c2)cc1. The van der Waals surface area contributed by atoms with E-state index in [0.29, 0.717) is 23.6 Å². The summed E-state index contributed by atoms with van der Waals surface area (Å²) in [6.45, 7) is 3.95. The molecule has 0 atom stereocenters. The van der Waals surface area contributed by atoms with Crippen molar-refractivity contribution < 1.29 is 21.6 Å². The Hall–Kier alpha value is -2.56. The number of ether oxygens (including phenoxy) is 1. The molecule has 3 rings (SSSR count). The molecular formula is C21H21BrN2O5S2. The van der Waals surface area contributed by atoms with Gasteiger partial charge in [0.1, 0.15) is 5.75 Å². The molecule has 0 saturated carbocycles. The van der Waals surface area contributed by atoms with Crippen molar-refractivity contribution in [3.63, 3.8) is 0 Å². The third kappa shape index (κ3) is 5.78. The van der Waals surface area contributed by atoms with E-state index < -0.39 is 20.0 Å². The van der Waals surface area contributed by atoms with Crippen LogP contribution in [0.25, 0.3) is 0 Å². The maximum Gasteiger partial charge on any atom is 0.262 e. The second-order valence-electron chi connectivity index (χ2n) is 6.60. The Morgan fingerprint density at radius 3 is 2.00 bits per heavy atom. The van der Waals surface area contributed by atoms with Crippen molar-refractivity contribution in [3.05, 3.63) is 76.8 Å². The van der Waals surface area contributed by atoms with Crippen LogP contribution in [0.5, 0.6) is 5.75 Å². The number of sulfonamides is 2. The first-order chi connectivity index (χ1) is 14.6. The summed E-state index contributed by atoms with van der Waals surface area (Å²) in [6.07, 6.45) is 0. The van der Waals surface area contributed by atoms with Gasteiger partial charge in [0.2, 0.25) is 0 Å². The van der Waals surface area contributed by atoms with E-state index in [4.69, 9.17) is 4.74 Å². The van der Waals surface area contributed by atoms with Crippen LogP contribution in [0.3, 0.4) is 0 Å². The van der Waals surface area contributed by atoms with E-state index in [1.165, 1.54) is 24.3 Å². The van der Waals surface area contributed by atoms with E-state index in [1.807, 2.05) is 6.92 Å². The van der Waals surface area contributed by atoms with Gasteiger partial charge in [-0.25, -0.2) is 16.8 Å². The Bertz CT molecular complexity index is 1270. The molecule has 0 aromatic heterocycles. The maximum absolute atomic E-state index is 12.9. The number of nitrogens with one attached hydrogen (secondary N) is 2. The molecule has 0 unspecified atom stereocenters. The van der Waals surface area contributed by atoms with Crippen LogP contribution in [-0.4, -0.2) is 23.4 Å². The van der Waals surface area contributed by atoms with Gasteiger partial charge >= 0.3 is 0 Å². The van der Waals surface area contributed by atoms with Crippen molar-refractivity contribution in [3.8, 4) is 5.75 Å². The summed E-state index contributed by atoms with van der Waals surface area (Å²) in [5.74, 6) is 0.559. The number of anilines is 2. The molecule has 0 spiro atoms. The van der Waals surface area contributed by atoms with Crippen LogP contribution in [0, 0.1) is 6.92 Å². The van der Waals surface area contributed by atoms with Gasteiger partial charge in [0.25, 0.3) is 20.0 Å². The molecule has 0 bridgehead atoms.